The fraction of sp³-hybridized carbons (Fsp3) is 0.133. The third-order valence-electron chi connectivity index (χ3n) is 3.06. The molecule has 0 aliphatic carbocycles. The van der Waals surface area contributed by atoms with Crippen molar-refractivity contribution in [2.75, 3.05) is 10.8 Å². The van der Waals surface area contributed by atoms with Crippen LogP contribution < -0.4 is 4.31 Å². The third kappa shape index (κ3) is 3.25. The molecule has 0 saturated carbocycles. The van der Waals surface area contributed by atoms with Gasteiger partial charge < -0.3 is 5.11 Å². The molecule has 0 heterocycles. The van der Waals surface area contributed by atoms with E-state index in [1.165, 1.54) is 6.07 Å². The number of aryl methyl sites for hydroxylation is 1. The van der Waals surface area contributed by atoms with Crippen molar-refractivity contribution in [3.63, 3.8) is 0 Å². The average molecular weight is 323 g/mol. The van der Waals surface area contributed by atoms with Gasteiger partial charge in [-0.1, -0.05) is 18.2 Å². The number of rotatable bonds is 5. The molecular formula is C15H14FNO4S. The number of hydrogen-bond acceptors (Lipinski definition) is 3. The Morgan fingerprint density at radius 3 is 2.27 bits per heavy atom. The zero-order valence-electron chi connectivity index (χ0n) is 11.7. The quantitative estimate of drug-likeness (QED) is 0.917. The van der Waals surface area contributed by atoms with Gasteiger partial charge in [0.25, 0.3) is 10.0 Å². The number of hydrogen-bond donors (Lipinski definition) is 1. The number of nitrogens with zero attached hydrogens (tertiary/aromatic N) is 1. The molecule has 0 aliphatic heterocycles. The van der Waals surface area contributed by atoms with Crippen molar-refractivity contribution in [1.82, 2.24) is 0 Å². The molecule has 0 aromatic heterocycles. The Kier molecular flexibility index (Phi) is 4.46. The Hall–Kier alpha value is -2.41. The first-order valence-electron chi connectivity index (χ1n) is 6.38. The molecule has 0 amide bonds. The fourth-order valence-corrected chi connectivity index (χ4v) is 3.48. The molecule has 0 spiro atoms. The number of carboxylic acid groups (broad SMARTS) is 1. The molecule has 2 aromatic rings. The van der Waals surface area contributed by atoms with E-state index in [1.54, 1.807) is 25.1 Å². The molecule has 0 atom stereocenters. The van der Waals surface area contributed by atoms with Crippen LogP contribution in [0.15, 0.2) is 53.4 Å². The summed E-state index contributed by atoms with van der Waals surface area (Å²) in [7, 11) is -4.10. The number of para-hydroxylation sites is 1. The maximum Gasteiger partial charge on any atom is 0.324 e. The standard InChI is InChI=1S/C15H14FNO4S/c1-11-4-2-3-5-14(11)17(10-15(18)19)22(20,21)13-8-6-12(16)7-9-13/h2-9H,10H2,1H3,(H,18,19). The van der Waals surface area contributed by atoms with Gasteiger partial charge in [-0.3, -0.25) is 9.10 Å². The number of aliphatic carboxylic acids is 1. The largest absolute Gasteiger partial charge is 0.480 e. The Morgan fingerprint density at radius 2 is 1.73 bits per heavy atom. The second-order valence-corrected chi connectivity index (χ2v) is 6.51. The van der Waals surface area contributed by atoms with Crippen LogP contribution in [0.25, 0.3) is 0 Å². The van der Waals surface area contributed by atoms with Gasteiger partial charge in [0, 0.05) is 0 Å². The second kappa shape index (κ2) is 6.15. The molecule has 116 valence electrons. The van der Waals surface area contributed by atoms with Crippen LogP contribution in [-0.4, -0.2) is 26.0 Å². The molecule has 5 nitrogen and oxygen atoms in total. The fourth-order valence-electron chi connectivity index (χ4n) is 2.00. The van der Waals surface area contributed by atoms with E-state index >= 15 is 0 Å². The van der Waals surface area contributed by atoms with Crippen LogP contribution in [0.2, 0.25) is 0 Å². The maximum absolute atomic E-state index is 13.0. The normalized spacial score (nSPS) is 11.2. The highest BCUT2D eigenvalue weighted by atomic mass is 32.2. The van der Waals surface area contributed by atoms with Crippen LogP contribution in [0.1, 0.15) is 5.56 Å². The lowest BCUT2D eigenvalue weighted by molar-refractivity contribution is -0.135. The highest BCUT2D eigenvalue weighted by Gasteiger charge is 2.27. The van der Waals surface area contributed by atoms with E-state index in [0.717, 1.165) is 28.6 Å². The van der Waals surface area contributed by atoms with Crippen molar-refractivity contribution in [3.8, 4) is 0 Å². The van der Waals surface area contributed by atoms with E-state index in [4.69, 9.17) is 5.11 Å². The summed E-state index contributed by atoms with van der Waals surface area (Å²) in [5, 5.41) is 9.02. The number of sulfonamides is 1. The predicted molar refractivity (Wildman–Crippen MR) is 79.7 cm³/mol. The number of halogens is 1. The predicted octanol–water partition coefficient (Wildman–Crippen LogP) is 2.41. The van der Waals surface area contributed by atoms with Gasteiger partial charge in [0.1, 0.15) is 12.4 Å². The van der Waals surface area contributed by atoms with Crippen molar-refractivity contribution in [2.45, 2.75) is 11.8 Å². The molecule has 1 N–H and O–H groups in total. The molecule has 2 aromatic carbocycles. The van der Waals surface area contributed by atoms with Crippen LogP contribution in [0.5, 0.6) is 0 Å². The summed E-state index contributed by atoms with van der Waals surface area (Å²) in [6, 6.07) is 10.8. The smallest absolute Gasteiger partial charge is 0.324 e. The Balaban J connectivity index is 2.56. The Morgan fingerprint density at radius 1 is 1.14 bits per heavy atom. The molecule has 0 radical (unpaired) electrons. The zero-order valence-corrected chi connectivity index (χ0v) is 12.5. The molecule has 0 fully saturated rings. The average Bonchev–Trinajstić information content (AvgIpc) is 2.46. The molecule has 0 aliphatic rings. The first kappa shape index (κ1) is 16.0. The zero-order chi connectivity index (χ0) is 16.3. The van der Waals surface area contributed by atoms with Gasteiger partial charge in [0.15, 0.2) is 0 Å². The molecule has 7 heteroatoms. The van der Waals surface area contributed by atoms with E-state index in [2.05, 4.69) is 0 Å². The first-order valence-corrected chi connectivity index (χ1v) is 7.82. The molecular weight excluding hydrogens is 309 g/mol. The van der Waals surface area contributed by atoms with Gasteiger partial charge in [-0.15, -0.1) is 0 Å². The van der Waals surface area contributed by atoms with Crippen molar-refractivity contribution in [1.29, 1.82) is 0 Å². The van der Waals surface area contributed by atoms with Gasteiger partial charge in [0.2, 0.25) is 0 Å². The summed E-state index contributed by atoms with van der Waals surface area (Å²) < 4.78 is 39.1. The molecule has 2 rings (SSSR count). The van der Waals surface area contributed by atoms with Gasteiger partial charge in [-0.05, 0) is 42.8 Å². The van der Waals surface area contributed by atoms with Crippen molar-refractivity contribution >= 4 is 21.7 Å². The molecule has 0 bridgehead atoms. The van der Waals surface area contributed by atoms with E-state index in [0.29, 0.717) is 5.56 Å². The van der Waals surface area contributed by atoms with E-state index in [-0.39, 0.29) is 10.6 Å². The van der Waals surface area contributed by atoms with Crippen LogP contribution in [0.3, 0.4) is 0 Å². The Bertz CT molecular complexity index is 787. The summed E-state index contributed by atoms with van der Waals surface area (Å²) in [5.74, 6) is -1.85. The van der Waals surface area contributed by atoms with E-state index in [9.17, 15) is 17.6 Å². The van der Waals surface area contributed by atoms with Crippen LogP contribution in [0.4, 0.5) is 10.1 Å². The van der Waals surface area contributed by atoms with Gasteiger partial charge in [-0.2, -0.15) is 0 Å². The molecule has 0 saturated heterocycles. The highest BCUT2D eigenvalue weighted by Crippen LogP contribution is 2.26. The summed E-state index contributed by atoms with van der Waals surface area (Å²) >= 11 is 0. The molecule has 22 heavy (non-hydrogen) atoms. The SMILES string of the molecule is Cc1ccccc1N(CC(=O)O)S(=O)(=O)c1ccc(F)cc1. The van der Waals surface area contributed by atoms with Crippen molar-refractivity contribution in [2.24, 2.45) is 0 Å². The number of carbonyl (C=O) groups is 1. The van der Waals surface area contributed by atoms with Gasteiger partial charge >= 0.3 is 5.97 Å². The summed E-state index contributed by atoms with van der Waals surface area (Å²) in [4.78, 5) is 10.9. The first-order chi connectivity index (χ1) is 10.3. The van der Waals surface area contributed by atoms with Crippen LogP contribution in [-0.2, 0) is 14.8 Å². The topological polar surface area (TPSA) is 74.7 Å². The highest BCUT2D eigenvalue weighted by molar-refractivity contribution is 7.92. The lowest BCUT2D eigenvalue weighted by Crippen LogP contribution is -2.36. The number of carboxylic acids is 1. The van der Waals surface area contributed by atoms with Gasteiger partial charge in [-0.25, -0.2) is 12.8 Å². The summed E-state index contributed by atoms with van der Waals surface area (Å²) in [6.07, 6.45) is 0. The van der Waals surface area contributed by atoms with Crippen LogP contribution >= 0.6 is 0 Å². The van der Waals surface area contributed by atoms with Crippen LogP contribution in [0, 0.1) is 12.7 Å². The minimum Gasteiger partial charge on any atom is -0.480 e. The summed E-state index contributed by atoms with van der Waals surface area (Å²) in [5.41, 5.74) is 0.892. The van der Waals surface area contributed by atoms with E-state index in [1.807, 2.05) is 0 Å². The van der Waals surface area contributed by atoms with Crippen molar-refractivity contribution in [3.05, 3.63) is 59.9 Å². The van der Waals surface area contributed by atoms with Gasteiger partial charge in [0.05, 0.1) is 10.6 Å². The third-order valence-corrected chi connectivity index (χ3v) is 4.84. The lowest BCUT2D eigenvalue weighted by atomic mass is 10.2. The Labute approximate surface area is 127 Å². The minimum atomic E-state index is -4.10. The second-order valence-electron chi connectivity index (χ2n) is 4.65. The maximum atomic E-state index is 13.0. The van der Waals surface area contributed by atoms with Crippen molar-refractivity contribution < 1.29 is 22.7 Å². The monoisotopic (exact) mass is 323 g/mol. The number of benzene rings is 2. The lowest BCUT2D eigenvalue weighted by Gasteiger charge is -2.24. The minimum absolute atomic E-state index is 0.168. The number of anilines is 1. The van der Waals surface area contributed by atoms with E-state index < -0.39 is 28.4 Å². The summed E-state index contributed by atoms with van der Waals surface area (Å²) in [6.45, 7) is 0.967. The molecule has 0 unspecified atom stereocenters.